The molecule has 0 spiro atoms. The summed E-state index contributed by atoms with van der Waals surface area (Å²) in [5.41, 5.74) is 2.21. The van der Waals surface area contributed by atoms with Crippen molar-refractivity contribution >= 4 is 11.6 Å². The van der Waals surface area contributed by atoms with E-state index >= 15 is 0 Å². The van der Waals surface area contributed by atoms with E-state index in [1.54, 1.807) is 0 Å². The van der Waals surface area contributed by atoms with Crippen LogP contribution >= 0.6 is 0 Å². The van der Waals surface area contributed by atoms with Crippen LogP contribution in [0.25, 0.3) is 0 Å². The molecule has 0 aliphatic carbocycles. The van der Waals surface area contributed by atoms with Gasteiger partial charge in [-0.15, -0.1) is 0 Å². The maximum Gasteiger partial charge on any atom is 0.241 e. The van der Waals surface area contributed by atoms with Gasteiger partial charge in [-0.1, -0.05) is 19.1 Å². The predicted octanol–water partition coefficient (Wildman–Crippen LogP) is 3.08. The van der Waals surface area contributed by atoms with E-state index in [2.05, 4.69) is 30.9 Å². The molecule has 0 unspecified atom stereocenters. The molecule has 110 valence electrons. The van der Waals surface area contributed by atoms with Crippen LogP contribution in [0.4, 0.5) is 5.69 Å². The summed E-state index contributed by atoms with van der Waals surface area (Å²) in [7, 11) is 0. The van der Waals surface area contributed by atoms with Crippen LogP contribution in [0.5, 0.6) is 0 Å². The van der Waals surface area contributed by atoms with Gasteiger partial charge in [0.2, 0.25) is 5.91 Å². The Morgan fingerprint density at radius 1 is 1.35 bits per heavy atom. The Morgan fingerprint density at radius 3 is 2.65 bits per heavy atom. The lowest BCUT2D eigenvalue weighted by atomic mass is 9.99. The van der Waals surface area contributed by atoms with Gasteiger partial charge in [-0.25, -0.2) is 0 Å². The molecule has 3 nitrogen and oxygen atoms in total. The number of likely N-dealkylation sites (tertiary alicyclic amines) is 1. The van der Waals surface area contributed by atoms with E-state index < -0.39 is 0 Å². The zero-order chi connectivity index (χ0) is 14.5. The van der Waals surface area contributed by atoms with Gasteiger partial charge in [-0.2, -0.15) is 0 Å². The highest BCUT2D eigenvalue weighted by Gasteiger charge is 2.21. The third kappa shape index (κ3) is 3.83. The maximum absolute atomic E-state index is 12.5. The smallest absolute Gasteiger partial charge is 0.241 e. The molecule has 0 atom stereocenters. The van der Waals surface area contributed by atoms with Crippen LogP contribution in [0.2, 0.25) is 0 Å². The summed E-state index contributed by atoms with van der Waals surface area (Å²) in [6, 6.07) is 8.18. The largest absolute Gasteiger partial charge is 0.312 e. The van der Waals surface area contributed by atoms with Crippen LogP contribution in [0.15, 0.2) is 24.3 Å². The molecule has 0 aromatic heterocycles. The molecule has 0 saturated carbocycles. The molecule has 20 heavy (non-hydrogen) atoms. The molecular weight excluding hydrogens is 248 g/mol. The summed E-state index contributed by atoms with van der Waals surface area (Å²) in [5, 5.41) is 0. The molecule has 0 bridgehead atoms. The van der Waals surface area contributed by atoms with Gasteiger partial charge in [0.1, 0.15) is 0 Å². The fourth-order valence-corrected chi connectivity index (χ4v) is 2.80. The molecule has 1 aliphatic heterocycles. The van der Waals surface area contributed by atoms with Crippen molar-refractivity contribution in [3.05, 3.63) is 29.8 Å². The number of rotatable bonds is 4. The number of piperidine rings is 1. The van der Waals surface area contributed by atoms with Crippen molar-refractivity contribution in [2.45, 2.75) is 33.6 Å². The van der Waals surface area contributed by atoms with E-state index in [9.17, 15) is 4.79 Å². The summed E-state index contributed by atoms with van der Waals surface area (Å²) in [6.45, 7) is 9.79. The van der Waals surface area contributed by atoms with Crippen molar-refractivity contribution in [3.63, 3.8) is 0 Å². The van der Waals surface area contributed by atoms with E-state index in [4.69, 9.17) is 0 Å². The van der Waals surface area contributed by atoms with Crippen LogP contribution in [0, 0.1) is 12.8 Å². The molecule has 1 aromatic carbocycles. The first kappa shape index (κ1) is 15.0. The molecule has 2 rings (SSSR count). The van der Waals surface area contributed by atoms with Crippen molar-refractivity contribution < 1.29 is 4.79 Å². The second kappa shape index (κ2) is 6.89. The summed E-state index contributed by atoms with van der Waals surface area (Å²) < 4.78 is 0. The molecule has 1 aliphatic rings. The molecule has 3 heteroatoms. The number of likely N-dealkylation sites (N-methyl/N-ethyl adjacent to an activating group) is 1. The second-order valence-electron chi connectivity index (χ2n) is 5.94. The van der Waals surface area contributed by atoms with Gasteiger partial charge >= 0.3 is 0 Å². The number of anilines is 1. The average molecular weight is 274 g/mol. The zero-order valence-corrected chi connectivity index (χ0v) is 12.9. The normalized spacial score (nSPS) is 17.1. The molecule has 0 N–H and O–H groups in total. The first-order valence-electron chi connectivity index (χ1n) is 7.69. The van der Waals surface area contributed by atoms with Crippen molar-refractivity contribution in [1.82, 2.24) is 4.90 Å². The van der Waals surface area contributed by atoms with Gasteiger partial charge in [0.05, 0.1) is 6.54 Å². The number of benzene rings is 1. The topological polar surface area (TPSA) is 23.6 Å². The molecule has 0 radical (unpaired) electrons. The first-order chi connectivity index (χ1) is 9.60. The summed E-state index contributed by atoms with van der Waals surface area (Å²) in [4.78, 5) is 16.7. The lowest BCUT2D eigenvalue weighted by Gasteiger charge is -2.31. The average Bonchev–Trinajstić information content (AvgIpc) is 2.42. The Balaban J connectivity index is 1.99. The number of amides is 1. The lowest BCUT2D eigenvalue weighted by molar-refractivity contribution is -0.120. The van der Waals surface area contributed by atoms with Gasteiger partial charge in [0, 0.05) is 12.2 Å². The van der Waals surface area contributed by atoms with Gasteiger partial charge in [-0.05, 0) is 63.4 Å². The summed E-state index contributed by atoms with van der Waals surface area (Å²) in [6.07, 6.45) is 2.42. The highest BCUT2D eigenvalue weighted by atomic mass is 16.2. The van der Waals surface area contributed by atoms with Crippen LogP contribution in [-0.2, 0) is 4.79 Å². The number of carbonyl (C=O) groups excluding carboxylic acids is 1. The molecule has 1 saturated heterocycles. The third-order valence-electron chi connectivity index (χ3n) is 4.17. The van der Waals surface area contributed by atoms with Gasteiger partial charge < -0.3 is 4.90 Å². The highest BCUT2D eigenvalue weighted by molar-refractivity contribution is 5.94. The summed E-state index contributed by atoms with van der Waals surface area (Å²) in [5.74, 6) is 1.02. The Hall–Kier alpha value is -1.35. The molecule has 1 fully saturated rings. The van der Waals surface area contributed by atoms with Crippen LogP contribution < -0.4 is 4.90 Å². The van der Waals surface area contributed by atoms with Crippen LogP contribution in [0.1, 0.15) is 32.3 Å². The van der Waals surface area contributed by atoms with Gasteiger partial charge in [-0.3, -0.25) is 9.69 Å². The van der Waals surface area contributed by atoms with Crippen LogP contribution in [-0.4, -0.2) is 37.0 Å². The quantitative estimate of drug-likeness (QED) is 0.842. The molecule has 1 aromatic rings. The minimum Gasteiger partial charge on any atom is -0.312 e. The van der Waals surface area contributed by atoms with Crippen molar-refractivity contribution in [2.75, 3.05) is 31.1 Å². The summed E-state index contributed by atoms with van der Waals surface area (Å²) >= 11 is 0. The fraction of sp³-hybridized carbons (Fsp3) is 0.588. The number of aryl methyl sites for hydroxylation is 1. The van der Waals surface area contributed by atoms with Crippen molar-refractivity contribution in [2.24, 2.45) is 5.92 Å². The Morgan fingerprint density at radius 2 is 2.05 bits per heavy atom. The molecule has 1 heterocycles. The predicted molar refractivity (Wildman–Crippen MR) is 84.0 cm³/mol. The molecular formula is C17H26N2O. The van der Waals surface area contributed by atoms with Gasteiger partial charge in [0.25, 0.3) is 0 Å². The monoisotopic (exact) mass is 274 g/mol. The van der Waals surface area contributed by atoms with E-state index in [0.29, 0.717) is 6.54 Å². The number of hydrogen-bond donors (Lipinski definition) is 0. The number of hydrogen-bond acceptors (Lipinski definition) is 2. The number of carbonyl (C=O) groups is 1. The van der Waals surface area contributed by atoms with E-state index in [1.165, 1.54) is 18.4 Å². The van der Waals surface area contributed by atoms with E-state index in [1.807, 2.05) is 24.0 Å². The fourth-order valence-electron chi connectivity index (χ4n) is 2.80. The van der Waals surface area contributed by atoms with Crippen LogP contribution in [0.3, 0.4) is 0 Å². The van der Waals surface area contributed by atoms with Crippen molar-refractivity contribution in [1.29, 1.82) is 0 Å². The Bertz CT molecular complexity index is 450. The standard InChI is InChI=1S/C17H26N2O/c1-4-19(16-7-5-6-15(3)12-16)17(20)13-18-10-8-14(2)9-11-18/h5-7,12,14H,4,8-11,13H2,1-3H3. The lowest BCUT2D eigenvalue weighted by Crippen LogP contribution is -2.43. The Kier molecular flexibility index (Phi) is 5.18. The minimum absolute atomic E-state index is 0.215. The maximum atomic E-state index is 12.5. The number of nitrogens with zero attached hydrogens (tertiary/aromatic N) is 2. The SMILES string of the molecule is CCN(C(=O)CN1CCC(C)CC1)c1cccc(C)c1. The van der Waals surface area contributed by atoms with E-state index in [0.717, 1.165) is 31.2 Å². The Labute approximate surface area is 122 Å². The molecule has 1 amide bonds. The zero-order valence-electron chi connectivity index (χ0n) is 12.9. The highest BCUT2D eigenvalue weighted by Crippen LogP contribution is 2.18. The third-order valence-corrected chi connectivity index (χ3v) is 4.17. The minimum atomic E-state index is 0.215. The van der Waals surface area contributed by atoms with Crippen molar-refractivity contribution in [3.8, 4) is 0 Å². The van der Waals surface area contributed by atoms with Gasteiger partial charge in [0.15, 0.2) is 0 Å². The second-order valence-corrected chi connectivity index (χ2v) is 5.94. The van der Waals surface area contributed by atoms with E-state index in [-0.39, 0.29) is 5.91 Å². The first-order valence-corrected chi connectivity index (χ1v) is 7.69.